The largest absolute Gasteiger partial charge is 0.492 e. The molecule has 1 aromatic carbocycles. The maximum Gasteiger partial charge on any atom is 0.254 e. The lowest BCUT2D eigenvalue weighted by atomic mass is 10.1. The Morgan fingerprint density at radius 2 is 2.16 bits per heavy atom. The van der Waals surface area contributed by atoms with E-state index in [1.807, 2.05) is 16.8 Å². The van der Waals surface area contributed by atoms with Crippen molar-refractivity contribution in [2.75, 3.05) is 24.7 Å². The van der Waals surface area contributed by atoms with Crippen molar-refractivity contribution < 1.29 is 22.8 Å². The minimum Gasteiger partial charge on any atom is -0.492 e. The van der Waals surface area contributed by atoms with Gasteiger partial charge >= 0.3 is 0 Å². The first-order valence-electron chi connectivity index (χ1n) is 11.4. The molecule has 0 atom stereocenters. The summed E-state index contributed by atoms with van der Waals surface area (Å²) in [6.45, 7) is -0.245. The maximum atomic E-state index is 14.9. The third kappa shape index (κ3) is 3.90. The van der Waals surface area contributed by atoms with E-state index in [9.17, 15) is 14.0 Å². The van der Waals surface area contributed by atoms with Crippen LogP contribution in [-0.2, 0) is 11.3 Å². The number of nitrogens with one attached hydrogen (secondary N) is 3. The fourth-order valence-corrected chi connectivity index (χ4v) is 3.47. The third-order valence-electron chi connectivity index (χ3n) is 5.23. The highest BCUT2D eigenvalue weighted by Gasteiger charge is 2.30. The molecule has 0 unspecified atom stereocenters. The standard InChI is InChI=1S/C22H24FN5O3/c1-4-28-8-7-13-15(23)9-17(20(31-3)19(13)28)26-16-10-18(27-21(29)12-5-6-12)25-11-14(16)22(30)24-2/h7-12H,4-6H2,1-3H3,(H,24,30)(H2,25,26,27,29)/i2D3. The average molecular weight is 428 g/mol. The first kappa shape index (κ1) is 17.1. The van der Waals surface area contributed by atoms with E-state index in [1.165, 1.54) is 19.2 Å². The zero-order valence-electron chi connectivity index (χ0n) is 20.1. The zero-order chi connectivity index (χ0) is 24.6. The summed E-state index contributed by atoms with van der Waals surface area (Å²) < 4.78 is 44.3. The van der Waals surface area contributed by atoms with Gasteiger partial charge in [-0.3, -0.25) is 9.59 Å². The number of fused-ring (bicyclic) bond motifs is 1. The second-order valence-electron chi connectivity index (χ2n) is 7.26. The molecule has 9 heteroatoms. The molecule has 162 valence electrons. The normalized spacial score (nSPS) is 15.0. The predicted octanol–water partition coefficient (Wildman–Crippen LogP) is 3.66. The van der Waals surface area contributed by atoms with Gasteiger partial charge in [-0.2, -0.15) is 0 Å². The van der Waals surface area contributed by atoms with Gasteiger partial charge in [0.15, 0.2) is 5.75 Å². The molecule has 2 heterocycles. The van der Waals surface area contributed by atoms with Crippen LogP contribution in [0.25, 0.3) is 10.9 Å². The number of anilines is 3. The molecule has 3 N–H and O–H groups in total. The van der Waals surface area contributed by atoms with Crippen LogP contribution in [0.2, 0.25) is 0 Å². The monoisotopic (exact) mass is 428 g/mol. The number of aromatic nitrogens is 2. The van der Waals surface area contributed by atoms with Gasteiger partial charge in [0.1, 0.15) is 11.6 Å². The maximum absolute atomic E-state index is 14.9. The van der Waals surface area contributed by atoms with Gasteiger partial charge < -0.3 is 25.3 Å². The van der Waals surface area contributed by atoms with E-state index in [0.717, 1.165) is 19.0 Å². The molecule has 1 saturated carbocycles. The Balaban J connectivity index is 1.79. The third-order valence-corrected chi connectivity index (χ3v) is 5.23. The van der Waals surface area contributed by atoms with Gasteiger partial charge in [0.2, 0.25) is 5.91 Å². The average Bonchev–Trinajstić information content (AvgIpc) is 3.52. The van der Waals surface area contributed by atoms with Gasteiger partial charge in [-0.15, -0.1) is 0 Å². The highest BCUT2D eigenvalue weighted by molar-refractivity contribution is 6.02. The number of benzene rings is 1. The summed E-state index contributed by atoms with van der Waals surface area (Å²) in [6.07, 6.45) is 4.49. The molecule has 2 amide bonds. The van der Waals surface area contributed by atoms with Crippen molar-refractivity contribution in [3.8, 4) is 5.75 Å². The Morgan fingerprint density at radius 1 is 1.35 bits per heavy atom. The second-order valence-corrected chi connectivity index (χ2v) is 7.26. The van der Waals surface area contributed by atoms with E-state index in [0.29, 0.717) is 23.2 Å². The van der Waals surface area contributed by atoms with Crippen LogP contribution in [0.5, 0.6) is 5.75 Å². The molecule has 0 radical (unpaired) electrons. The van der Waals surface area contributed by atoms with Crippen molar-refractivity contribution in [1.82, 2.24) is 14.9 Å². The van der Waals surface area contributed by atoms with Gasteiger partial charge in [-0.25, -0.2) is 9.37 Å². The summed E-state index contributed by atoms with van der Waals surface area (Å²) in [5, 5.41) is 7.95. The van der Waals surface area contributed by atoms with Gasteiger partial charge in [-0.05, 0) is 25.8 Å². The fourth-order valence-electron chi connectivity index (χ4n) is 3.47. The van der Waals surface area contributed by atoms with E-state index < -0.39 is 18.7 Å². The predicted molar refractivity (Wildman–Crippen MR) is 116 cm³/mol. The topological polar surface area (TPSA) is 97.3 Å². The van der Waals surface area contributed by atoms with Gasteiger partial charge in [0.25, 0.3) is 5.91 Å². The van der Waals surface area contributed by atoms with Crippen molar-refractivity contribution >= 4 is 39.9 Å². The number of halogens is 1. The van der Waals surface area contributed by atoms with Crippen LogP contribution in [-0.4, -0.2) is 35.5 Å². The molecule has 8 nitrogen and oxygen atoms in total. The molecule has 0 spiro atoms. The Hall–Kier alpha value is -3.62. The molecule has 2 aromatic heterocycles. The van der Waals surface area contributed by atoms with Crippen LogP contribution in [0.1, 0.15) is 34.2 Å². The Morgan fingerprint density at radius 3 is 2.84 bits per heavy atom. The lowest BCUT2D eigenvalue weighted by Crippen LogP contribution is -2.20. The molecule has 0 bridgehead atoms. The molecule has 1 aliphatic rings. The van der Waals surface area contributed by atoms with Crippen LogP contribution >= 0.6 is 0 Å². The van der Waals surface area contributed by atoms with Crippen LogP contribution in [0.3, 0.4) is 0 Å². The summed E-state index contributed by atoms with van der Waals surface area (Å²) in [4.78, 5) is 28.9. The van der Waals surface area contributed by atoms with E-state index in [1.54, 1.807) is 12.3 Å². The first-order valence-corrected chi connectivity index (χ1v) is 9.87. The quantitative estimate of drug-likeness (QED) is 0.534. The van der Waals surface area contributed by atoms with E-state index in [4.69, 9.17) is 8.85 Å². The van der Waals surface area contributed by atoms with Gasteiger partial charge in [0.05, 0.1) is 29.6 Å². The molecule has 3 aromatic rings. The molecule has 4 rings (SSSR count). The van der Waals surface area contributed by atoms with E-state index in [2.05, 4.69) is 15.6 Å². The molecule has 1 fully saturated rings. The van der Waals surface area contributed by atoms with Crippen LogP contribution in [0.15, 0.2) is 30.6 Å². The lowest BCUT2D eigenvalue weighted by molar-refractivity contribution is -0.117. The number of ether oxygens (including phenoxy) is 1. The number of pyridine rings is 1. The number of nitrogens with zero attached hydrogens (tertiary/aromatic N) is 2. The van der Waals surface area contributed by atoms with Crippen LogP contribution in [0.4, 0.5) is 21.6 Å². The number of hydrogen-bond acceptors (Lipinski definition) is 5. The molecular formula is C22H24FN5O3. The highest BCUT2D eigenvalue weighted by Crippen LogP contribution is 2.39. The Labute approximate surface area is 183 Å². The van der Waals surface area contributed by atoms with Crippen molar-refractivity contribution in [3.05, 3.63) is 42.0 Å². The molecule has 1 aliphatic carbocycles. The van der Waals surface area contributed by atoms with Crippen molar-refractivity contribution in [3.63, 3.8) is 0 Å². The zero-order valence-corrected chi connectivity index (χ0v) is 17.1. The molecular weight excluding hydrogens is 401 g/mol. The number of carbonyl (C=O) groups excluding carboxylic acids is 2. The number of hydrogen-bond donors (Lipinski definition) is 3. The van der Waals surface area contributed by atoms with E-state index >= 15 is 0 Å². The van der Waals surface area contributed by atoms with E-state index in [-0.39, 0.29) is 34.6 Å². The number of methoxy groups -OCH3 is 1. The number of aryl methyl sites for hydroxylation is 1. The van der Waals surface area contributed by atoms with Gasteiger partial charge in [-0.1, -0.05) is 0 Å². The SMILES string of the molecule is [2H]C([2H])([2H])NC(=O)c1cnc(NC(=O)C2CC2)cc1Nc1cc(F)c2ccn(CC)c2c1OC. The number of amides is 2. The summed E-state index contributed by atoms with van der Waals surface area (Å²) in [5.41, 5.74) is 0.760. The summed E-state index contributed by atoms with van der Waals surface area (Å²) in [5.74, 6) is -1.17. The minimum absolute atomic E-state index is 0.0739. The smallest absolute Gasteiger partial charge is 0.254 e. The molecule has 0 aliphatic heterocycles. The fraction of sp³-hybridized carbons (Fsp3) is 0.318. The first-order chi connectivity index (χ1) is 16.1. The van der Waals surface area contributed by atoms with Gasteiger partial charge in [0, 0.05) is 53.5 Å². The minimum atomic E-state index is -2.72. The molecule has 0 saturated heterocycles. The summed E-state index contributed by atoms with van der Waals surface area (Å²) >= 11 is 0. The lowest BCUT2D eigenvalue weighted by Gasteiger charge is -2.17. The summed E-state index contributed by atoms with van der Waals surface area (Å²) in [6, 6.07) is 4.28. The Bertz CT molecular complexity index is 1270. The second kappa shape index (κ2) is 8.25. The van der Waals surface area contributed by atoms with Crippen molar-refractivity contribution in [2.24, 2.45) is 5.92 Å². The van der Waals surface area contributed by atoms with Crippen LogP contribution in [0, 0.1) is 11.7 Å². The Kier molecular flexibility index (Phi) is 4.55. The molecule has 31 heavy (non-hydrogen) atoms. The highest BCUT2D eigenvalue weighted by atomic mass is 19.1. The van der Waals surface area contributed by atoms with Crippen molar-refractivity contribution in [1.29, 1.82) is 0 Å². The number of rotatable bonds is 7. The van der Waals surface area contributed by atoms with Crippen molar-refractivity contribution in [2.45, 2.75) is 26.3 Å². The summed E-state index contributed by atoms with van der Waals surface area (Å²) in [7, 11) is 1.45. The van der Waals surface area contributed by atoms with Crippen LogP contribution < -0.4 is 20.7 Å². The number of carbonyl (C=O) groups is 2.